The van der Waals surface area contributed by atoms with Crippen molar-refractivity contribution in [3.8, 4) is 0 Å². The Morgan fingerprint density at radius 1 is 1.30 bits per heavy atom. The fraction of sp³-hybridized carbons (Fsp3) is 0.294. The first-order valence-corrected chi connectivity index (χ1v) is 8.06. The van der Waals surface area contributed by atoms with E-state index in [4.69, 9.17) is 4.74 Å². The number of carbonyl (C=O) groups excluding carboxylic acids is 2. The van der Waals surface area contributed by atoms with Crippen molar-refractivity contribution in [3.63, 3.8) is 0 Å². The van der Waals surface area contributed by atoms with Gasteiger partial charge in [-0.1, -0.05) is 6.07 Å². The molecule has 1 aromatic heterocycles. The first-order chi connectivity index (χ1) is 12.8. The number of hydrogen-bond acceptors (Lipinski definition) is 6. The number of aromatic nitrogens is 2. The zero-order valence-electron chi connectivity index (χ0n) is 13.9. The third-order valence-corrected chi connectivity index (χ3v) is 3.79. The smallest absolute Gasteiger partial charge is 0.433 e. The standard InChI is InChI=1S/C17H15F3N4O3/c18-17(19,20)13-6-7-21-16(24-13)23-11-3-1-2-10(8-11)15(26)27-12-4-5-14(25)22-9-12/h1-3,6-8,12H,4-5,9H2,(H,22,25)(H,21,23,24). The summed E-state index contributed by atoms with van der Waals surface area (Å²) in [5.74, 6) is -0.926. The predicted molar refractivity (Wildman–Crippen MR) is 88.2 cm³/mol. The van der Waals surface area contributed by atoms with Crippen LogP contribution in [0, 0.1) is 0 Å². The molecule has 1 unspecified atom stereocenters. The van der Waals surface area contributed by atoms with E-state index in [1.807, 2.05) is 0 Å². The third kappa shape index (κ3) is 4.93. The number of rotatable bonds is 4. The molecule has 3 rings (SSSR count). The molecule has 2 N–H and O–H groups in total. The molecular formula is C17H15F3N4O3. The summed E-state index contributed by atoms with van der Waals surface area (Å²) in [6.45, 7) is 0.251. The molecule has 142 valence electrons. The molecule has 1 aliphatic heterocycles. The number of nitrogens with zero attached hydrogens (tertiary/aromatic N) is 2. The minimum absolute atomic E-state index is 0.0883. The summed E-state index contributed by atoms with van der Waals surface area (Å²) in [7, 11) is 0. The zero-order chi connectivity index (χ0) is 19.4. The topological polar surface area (TPSA) is 93.2 Å². The van der Waals surface area contributed by atoms with E-state index < -0.39 is 23.9 Å². The lowest BCUT2D eigenvalue weighted by atomic mass is 10.1. The number of anilines is 2. The average Bonchev–Trinajstić information content (AvgIpc) is 2.63. The number of amides is 1. The van der Waals surface area contributed by atoms with Gasteiger partial charge >= 0.3 is 12.1 Å². The largest absolute Gasteiger partial charge is 0.457 e. The number of carbonyl (C=O) groups is 2. The third-order valence-electron chi connectivity index (χ3n) is 3.79. The summed E-state index contributed by atoms with van der Waals surface area (Å²) in [6.07, 6.45) is -3.28. The van der Waals surface area contributed by atoms with Gasteiger partial charge in [-0.25, -0.2) is 14.8 Å². The summed E-state index contributed by atoms with van der Waals surface area (Å²) in [5.41, 5.74) is -0.528. The van der Waals surface area contributed by atoms with E-state index in [0.717, 1.165) is 12.3 Å². The molecule has 0 saturated carbocycles. The maximum absolute atomic E-state index is 12.7. The molecule has 1 fully saturated rings. The number of esters is 1. The summed E-state index contributed by atoms with van der Waals surface area (Å²) in [6, 6.07) is 6.81. The van der Waals surface area contributed by atoms with Crippen molar-refractivity contribution >= 4 is 23.5 Å². The molecule has 1 aromatic carbocycles. The molecule has 1 aliphatic rings. The van der Waals surface area contributed by atoms with E-state index in [-0.39, 0.29) is 30.4 Å². The molecule has 0 bridgehead atoms. The van der Waals surface area contributed by atoms with Crippen LogP contribution in [0.4, 0.5) is 24.8 Å². The number of alkyl halides is 3. The summed E-state index contributed by atoms with van der Waals surface area (Å²) < 4.78 is 43.5. The van der Waals surface area contributed by atoms with Crippen molar-refractivity contribution in [2.45, 2.75) is 25.1 Å². The molecule has 7 nitrogen and oxygen atoms in total. The number of piperidine rings is 1. The minimum atomic E-state index is -4.58. The van der Waals surface area contributed by atoms with Crippen LogP contribution in [0.5, 0.6) is 0 Å². The molecular weight excluding hydrogens is 365 g/mol. The van der Waals surface area contributed by atoms with Crippen molar-refractivity contribution in [1.29, 1.82) is 0 Å². The molecule has 2 aromatic rings. The Balaban J connectivity index is 1.68. The van der Waals surface area contributed by atoms with Gasteiger partial charge in [-0.2, -0.15) is 13.2 Å². The number of hydrogen-bond donors (Lipinski definition) is 2. The van der Waals surface area contributed by atoms with Gasteiger partial charge < -0.3 is 15.4 Å². The van der Waals surface area contributed by atoms with Gasteiger partial charge in [0, 0.05) is 18.3 Å². The van der Waals surface area contributed by atoms with Gasteiger partial charge in [-0.05, 0) is 30.7 Å². The van der Waals surface area contributed by atoms with Gasteiger partial charge in [0.05, 0.1) is 12.1 Å². The second-order valence-electron chi connectivity index (χ2n) is 5.84. The van der Waals surface area contributed by atoms with Crippen molar-refractivity contribution < 1.29 is 27.5 Å². The zero-order valence-corrected chi connectivity index (χ0v) is 13.9. The first kappa shape index (κ1) is 18.6. The molecule has 10 heteroatoms. The highest BCUT2D eigenvalue weighted by Crippen LogP contribution is 2.28. The molecule has 0 aliphatic carbocycles. The van der Waals surface area contributed by atoms with Crippen LogP contribution in [-0.4, -0.2) is 34.5 Å². The minimum Gasteiger partial charge on any atom is -0.457 e. The predicted octanol–water partition coefficient (Wildman–Crippen LogP) is 2.67. The highest BCUT2D eigenvalue weighted by Gasteiger charge is 2.32. The molecule has 2 heterocycles. The average molecular weight is 380 g/mol. The van der Waals surface area contributed by atoms with Crippen LogP contribution in [0.2, 0.25) is 0 Å². The highest BCUT2D eigenvalue weighted by molar-refractivity contribution is 5.91. The van der Waals surface area contributed by atoms with Gasteiger partial charge in [-0.15, -0.1) is 0 Å². The maximum atomic E-state index is 12.7. The van der Waals surface area contributed by atoms with Gasteiger partial charge in [0.1, 0.15) is 11.8 Å². The Hall–Kier alpha value is -3.17. The first-order valence-electron chi connectivity index (χ1n) is 8.06. The van der Waals surface area contributed by atoms with Crippen molar-refractivity contribution in [2.75, 3.05) is 11.9 Å². The van der Waals surface area contributed by atoms with E-state index >= 15 is 0 Å². The lowest BCUT2D eigenvalue weighted by Gasteiger charge is -2.22. The number of halogens is 3. The number of benzene rings is 1. The molecule has 27 heavy (non-hydrogen) atoms. The fourth-order valence-corrected chi connectivity index (χ4v) is 2.46. The van der Waals surface area contributed by atoms with Crippen LogP contribution in [0.3, 0.4) is 0 Å². The Bertz CT molecular complexity index is 847. The Morgan fingerprint density at radius 2 is 2.11 bits per heavy atom. The van der Waals surface area contributed by atoms with E-state index in [1.54, 1.807) is 12.1 Å². The lowest BCUT2D eigenvalue weighted by molar-refractivity contribution is -0.141. The van der Waals surface area contributed by atoms with Crippen molar-refractivity contribution in [1.82, 2.24) is 15.3 Å². The Labute approximate surface area is 152 Å². The SMILES string of the molecule is O=C1CCC(OC(=O)c2cccc(Nc3nccc(C(F)(F)F)n3)c2)CN1. The monoisotopic (exact) mass is 380 g/mol. The van der Waals surface area contributed by atoms with Crippen molar-refractivity contribution in [2.24, 2.45) is 0 Å². The van der Waals surface area contributed by atoms with Crippen LogP contribution >= 0.6 is 0 Å². The molecule has 0 radical (unpaired) electrons. The van der Waals surface area contributed by atoms with E-state index in [9.17, 15) is 22.8 Å². The Morgan fingerprint density at radius 3 is 2.81 bits per heavy atom. The van der Waals surface area contributed by atoms with Crippen LogP contribution in [-0.2, 0) is 15.7 Å². The van der Waals surface area contributed by atoms with Crippen LogP contribution in [0.15, 0.2) is 36.5 Å². The van der Waals surface area contributed by atoms with Crippen LogP contribution in [0.25, 0.3) is 0 Å². The van der Waals surface area contributed by atoms with Crippen molar-refractivity contribution in [3.05, 3.63) is 47.8 Å². The molecule has 1 saturated heterocycles. The lowest BCUT2D eigenvalue weighted by Crippen LogP contribution is -2.40. The molecule has 0 spiro atoms. The Kier molecular flexibility index (Phi) is 5.24. The highest BCUT2D eigenvalue weighted by atomic mass is 19.4. The number of ether oxygens (including phenoxy) is 1. The normalized spacial score (nSPS) is 17.1. The van der Waals surface area contributed by atoms with E-state index in [0.29, 0.717) is 12.1 Å². The van der Waals surface area contributed by atoms with Crippen LogP contribution in [0.1, 0.15) is 28.9 Å². The second kappa shape index (κ2) is 7.60. The van der Waals surface area contributed by atoms with Gasteiger partial charge in [0.25, 0.3) is 0 Å². The maximum Gasteiger partial charge on any atom is 0.433 e. The van der Waals surface area contributed by atoms with E-state index in [2.05, 4.69) is 20.6 Å². The molecule has 1 amide bonds. The summed E-state index contributed by atoms with van der Waals surface area (Å²) in [5, 5.41) is 5.25. The van der Waals surface area contributed by atoms with E-state index in [1.165, 1.54) is 12.1 Å². The fourth-order valence-electron chi connectivity index (χ4n) is 2.46. The quantitative estimate of drug-likeness (QED) is 0.793. The van der Waals surface area contributed by atoms with Gasteiger partial charge in [-0.3, -0.25) is 4.79 Å². The summed E-state index contributed by atoms with van der Waals surface area (Å²) >= 11 is 0. The van der Waals surface area contributed by atoms with Gasteiger partial charge in [0.15, 0.2) is 0 Å². The molecule has 1 atom stereocenters. The number of nitrogens with one attached hydrogen (secondary N) is 2. The second-order valence-corrected chi connectivity index (χ2v) is 5.84. The van der Waals surface area contributed by atoms with Crippen LogP contribution < -0.4 is 10.6 Å². The van der Waals surface area contributed by atoms with Gasteiger partial charge in [0.2, 0.25) is 11.9 Å². The summed E-state index contributed by atoms with van der Waals surface area (Å²) in [4.78, 5) is 30.5.